The number of hydrogen-bond acceptors (Lipinski definition) is 2. The van der Waals surface area contributed by atoms with Crippen LogP contribution in [-0.2, 0) is 6.42 Å². The van der Waals surface area contributed by atoms with Crippen LogP contribution < -0.4 is 0 Å². The van der Waals surface area contributed by atoms with E-state index in [9.17, 15) is 0 Å². The molecule has 3 heteroatoms. The summed E-state index contributed by atoms with van der Waals surface area (Å²) in [6, 6.07) is 4.23. The summed E-state index contributed by atoms with van der Waals surface area (Å²) in [5.41, 5.74) is 2.68. The minimum absolute atomic E-state index is 0.519. The molecule has 2 nitrogen and oxygen atoms in total. The van der Waals surface area contributed by atoms with Crippen molar-refractivity contribution in [1.29, 1.82) is 0 Å². The van der Waals surface area contributed by atoms with Crippen molar-refractivity contribution in [2.24, 2.45) is 0 Å². The molecule has 0 N–H and O–H groups in total. The van der Waals surface area contributed by atoms with Crippen molar-refractivity contribution in [1.82, 2.24) is 9.88 Å². The van der Waals surface area contributed by atoms with Gasteiger partial charge in [-0.25, -0.2) is 0 Å². The molecule has 0 unspecified atom stereocenters. The van der Waals surface area contributed by atoms with Gasteiger partial charge in [-0.1, -0.05) is 0 Å². The molecule has 14 heavy (non-hydrogen) atoms. The molecular weight excluding hydrogens is 239 g/mol. The van der Waals surface area contributed by atoms with Gasteiger partial charge in [0.2, 0.25) is 0 Å². The van der Waals surface area contributed by atoms with Gasteiger partial charge >= 0.3 is 90.1 Å². The molecule has 74 valence electrons. The van der Waals surface area contributed by atoms with Gasteiger partial charge in [-0.15, -0.1) is 0 Å². The van der Waals surface area contributed by atoms with Gasteiger partial charge in [-0.2, -0.15) is 0 Å². The molecule has 0 fully saturated rings. The number of likely N-dealkylation sites (N-methyl/N-ethyl adjacent to an activating group) is 1. The molecule has 0 saturated heterocycles. The second-order valence-corrected chi connectivity index (χ2v) is 5.58. The van der Waals surface area contributed by atoms with E-state index in [2.05, 4.69) is 35.0 Å². The summed E-state index contributed by atoms with van der Waals surface area (Å²) < 4.78 is 1.44. The predicted octanol–water partition coefficient (Wildman–Crippen LogP) is 1.40. The number of pyridine rings is 1. The number of hydrogen-bond donors (Lipinski definition) is 0. The molecule has 0 aliphatic carbocycles. The van der Waals surface area contributed by atoms with E-state index in [1.807, 2.05) is 12.3 Å². The number of fused-ring (bicyclic) bond motifs is 1. The van der Waals surface area contributed by atoms with Crippen molar-refractivity contribution in [3.8, 4) is 0 Å². The van der Waals surface area contributed by atoms with E-state index in [4.69, 9.17) is 0 Å². The van der Waals surface area contributed by atoms with E-state index < -0.39 is 0 Å². The molecule has 0 amide bonds. The zero-order valence-electron chi connectivity index (χ0n) is 8.53. The third kappa shape index (κ3) is 2.06. The zero-order chi connectivity index (χ0) is 9.97. The monoisotopic (exact) mass is 254 g/mol. The van der Waals surface area contributed by atoms with E-state index in [1.54, 1.807) is 0 Å². The summed E-state index contributed by atoms with van der Waals surface area (Å²) in [4.78, 5) is 9.03. The van der Waals surface area contributed by atoms with Gasteiger partial charge in [0.05, 0.1) is 0 Å². The fraction of sp³-hybridized carbons (Fsp3) is 0.364. The topological polar surface area (TPSA) is 16.1 Å². The first-order chi connectivity index (χ1) is 6.77. The van der Waals surface area contributed by atoms with Crippen LogP contribution in [0.1, 0.15) is 5.56 Å². The Morgan fingerprint density at radius 1 is 1.43 bits per heavy atom. The van der Waals surface area contributed by atoms with E-state index in [0.29, 0.717) is 14.5 Å². The second kappa shape index (κ2) is 4.26. The van der Waals surface area contributed by atoms with E-state index in [-0.39, 0.29) is 0 Å². The van der Waals surface area contributed by atoms with Crippen LogP contribution in [-0.4, -0.2) is 45.0 Å². The molecule has 2 rings (SSSR count). The predicted molar refractivity (Wildman–Crippen MR) is 60.9 cm³/mol. The SMILES string of the molecule is CN(C)CCc1c[se]c2cccnc12. The van der Waals surface area contributed by atoms with Gasteiger partial charge in [0.25, 0.3) is 0 Å². The van der Waals surface area contributed by atoms with E-state index >= 15 is 0 Å². The molecule has 0 aliphatic rings. The molecule has 2 aromatic heterocycles. The molecule has 0 radical (unpaired) electrons. The van der Waals surface area contributed by atoms with Crippen LogP contribution in [0.3, 0.4) is 0 Å². The Balaban J connectivity index is 2.25. The average molecular weight is 253 g/mol. The summed E-state index contributed by atoms with van der Waals surface area (Å²) in [6.07, 6.45) is 3.02. The molecular formula is C11H14N2Se. The van der Waals surface area contributed by atoms with Crippen molar-refractivity contribution in [3.63, 3.8) is 0 Å². The third-order valence-corrected chi connectivity index (χ3v) is 4.30. The quantitative estimate of drug-likeness (QED) is 0.769. The Kier molecular flexibility index (Phi) is 3.02. The van der Waals surface area contributed by atoms with Gasteiger partial charge in [0.1, 0.15) is 0 Å². The molecule has 2 heterocycles. The first-order valence-electron chi connectivity index (χ1n) is 4.73. The molecule has 0 aliphatic heterocycles. The van der Waals surface area contributed by atoms with Crippen LogP contribution >= 0.6 is 0 Å². The van der Waals surface area contributed by atoms with Gasteiger partial charge in [-0.3, -0.25) is 0 Å². The van der Waals surface area contributed by atoms with E-state index in [0.717, 1.165) is 13.0 Å². The second-order valence-electron chi connectivity index (χ2n) is 3.66. The number of nitrogens with zero attached hydrogens (tertiary/aromatic N) is 2. The fourth-order valence-electron chi connectivity index (χ4n) is 1.44. The zero-order valence-corrected chi connectivity index (χ0v) is 10.2. The maximum absolute atomic E-state index is 4.45. The Morgan fingerprint density at radius 2 is 2.29 bits per heavy atom. The standard InChI is InChI=1S/C11H14N2Se/c1-13(2)7-5-9-8-14-10-4-3-6-12-11(9)10/h3-4,6,8H,5,7H2,1-2H3. The first-order valence-corrected chi connectivity index (χ1v) is 6.58. The fourth-order valence-corrected chi connectivity index (χ4v) is 3.43. The third-order valence-electron chi connectivity index (χ3n) is 2.23. The summed E-state index contributed by atoms with van der Waals surface area (Å²) in [7, 11) is 4.22. The summed E-state index contributed by atoms with van der Waals surface area (Å²) in [5.74, 6) is 0. The van der Waals surface area contributed by atoms with Crippen LogP contribution in [0.2, 0.25) is 0 Å². The van der Waals surface area contributed by atoms with Gasteiger partial charge in [-0.05, 0) is 0 Å². The Labute approximate surface area is 90.3 Å². The first kappa shape index (κ1) is 9.91. The Morgan fingerprint density at radius 3 is 3.07 bits per heavy atom. The Hall–Kier alpha value is -0.631. The summed E-state index contributed by atoms with van der Waals surface area (Å²) in [6.45, 7) is 1.11. The maximum atomic E-state index is 4.45. The van der Waals surface area contributed by atoms with Crippen LogP contribution in [0.15, 0.2) is 23.3 Å². The molecule has 0 spiro atoms. The van der Waals surface area contributed by atoms with Crippen LogP contribution in [0.25, 0.3) is 9.78 Å². The molecule has 0 aromatic carbocycles. The minimum atomic E-state index is 0.519. The van der Waals surface area contributed by atoms with Crippen LogP contribution in [0.5, 0.6) is 0 Å². The molecule has 0 bridgehead atoms. The van der Waals surface area contributed by atoms with Crippen molar-refractivity contribution >= 4 is 24.3 Å². The number of aromatic nitrogens is 1. The molecule has 0 atom stereocenters. The number of rotatable bonds is 3. The van der Waals surface area contributed by atoms with Crippen molar-refractivity contribution < 1.29 is 0 Å². The Bertz CT molecular complexity index is 420. The van der Waals surface area contributed by atoms with Crippen LogP contribution in [0, 0.1) is 0 Å². The molecule has 2 aromatic rings. The van der Waals surface area contributed by atoms with Gasteiger partial charge < -0.3 is 0 Å². The van der Waals surface area contributed by atoms with Crippen molar-refractivity contribution in [2.75, 3.05) is 20.6 Å². The summed E-state index contributed by atoms with van der Waals surface area (Å²) in [5, 5.41) is 0. The van der Waals surface area contributed by atoms with Crippen LogP contribution in [0.4, 0.5) is 0 Å². The van der Waals surface area contributed by atoms with Crippen molar-refractivity contribution in [2.45, 2.75) is 6.42 Å². The normalized spacial score (nSPS) is 11.4. The van der Waals surface area contributed by atoms with Crippen molar-refractivity contribution in [3.05, 3.63) is 28.8 Å². The average Bonchev–Trinajstić information content (AvgIpc) is 2.58. The molecule has 0 saturated carbocycles. The van der Waals surface area contributed by atoms with E-state index in [1.165, 1.54) is 15.3 Å². The van der Waals surface area contributed by atoms with Gasteiger partial charge in [0, 0.05) is 0 Å². The summed E-state index contributed by atoms with van der Waals surface area (Å²) >= 11 is 0.519. The van der Waals surface area contributed by atoms with Gasteiger partial charge in [0.15, 0.2) is 0 Å².